The Balaban J connectivity index is 3.37. The molecule has 0 radical (unpaired) electrons. The maximum atomic E-state index is 10.2. The number of nitrogens with zero attached hydrogens (tertiary/aromatic N) is 1. The zero-order chi connectivity index (χ0) is 5.98. The molecule has 1 rings (SSSR count). The Morgan fingerprint density at radius 1 is 1.88 bits per heavy atom. The molecule has 1 heterocycles. The highest BCUT2D eigenvalue weighted by atomic mass is 16.5. The molecule has 1 N–H and O–H groups in total. The highest BCUT2D eigenvalue weighted by Gasteiger charge is 1.96. The minimum Gasteiger partial charge on any atom is -0.338 e. The second kappa shape index (κ2) is 1.54. The van der Waals surface area contributed by atoms with Crippen molar-refractivity contribution in [2.45, 2.75) is 0 Å². The molecule has 0 atom stereocenters. The van der Waals surface area contributed by atoms with Crippen molar-refractivity contribution in [2.75, 3.05) is 0 Å². The van der Waals surface area contributed by atoms with Gasteiger partial charge in [0, 0.05) is 0 Å². The van der Waals surface area contributed by atoms with E-state index in [1.807, 2.05) is 0 Å². The second-order valence-corrected chi connectivity index (χ2v) is 1.18. The molecule has 0 bridgehead atoms. The fourth-order valence-electron chi connectivity index (χ4n) is 0.334. The Morgan fingerprint density at radius 3 is 2.88 bits per heavy atom. The second-order valence-electron chi connectivity index (χ2n) is 1.18. The van der Waals surface area contributed by atoms with E-state index in [-0.39, 0.29) is 5.56 Å². The van der Waals surface area contributed by atoms with Crippen LogP contribution in [0, 0.1) is 11.3 Å². The summed E-state index contributed by atoms with van der Waals surface area (Å²) in [6, 6.07) is 1.64. The van der Waals surface area contributed by atoms with Crippen molar-refractivity contribution in [1.82, 2.24) is 5.16 Å². The third kappa shape index (κ3) is 0.500. The van der Waals surface area contributed by atoms with E-state index in [0.717, 1.165) is 0 Å². The van der Waals surface area contributed by atoms with E-state index in [4.69, 9.17) is 5.26 Å². The lowest BCUT2D eigenvalue weighted by molar-refractivity contribution is 0.391. The van der Waals surface area contributed by atoms with Gasteiger partial charge in [0.05, 0.1) is 6.20 Å². The Bertz CT molecular complexity index is 264. The average Bonchev–Trinajstić information content (AvgIpc) is 2.14. The first-order valence-corrected chi connectivity index (χ1v) is 1.91. The summed E-state index contributed by atoms with van der Waals surface area (Å²) in [7, 11) is 0. The van der Waals surface area contributed by atoms with Gasteiger partial charge in [-0.1, -0.05) is 0 Å². The van der Waals surface area contributed by atoms with Gasteiger partial charge >= 0.3 is 5.63 Å². The van der Waals surface area contributed by atoms with Crippen LogP contribution in [-0.4, -0.2) is 5.16 Å². The van der Waals surface area contributed by atoms with Gasteiger partial charge < -0.3 is 4.52 Å². The van der Waals surface area contributed by atoms with E-state index < -0.39 is 5.63 Å². The summed E-state index contributed by atoms with van der Waals surface area (Å²) in [6.07, 6.45) is 1.21. The lowest BCUT2D eigenvalue weighted by atomic mass is 10.4. The number of nitriles is 1. The molecular weight excluding hydrogens is 108 g/mol. The van der Waals surface area contributed by atoms with Crippen molar-refractivity contribution in [3.63, 3.8) is 0 Å². The molecule has 8 heavy (non-hydrogen) atoms. The van der Waals surface area contributed by atoms with E-state index >= 15 is 0 Å². The normalized spacial score (nSPS) is 8.38. The summed E-state index contributed by atoms with van der Waals surface area (Å²) in [5, 5.41) is 10.2. The minimum atomic E-state index is -0.618. The molecule has 0 aliphatic rings. The number of aromatic amines is 1. The molecule has 0 fully saturated rings. The molecule has 0 spiro atoms. The first-order chi connectivity index (χ1) is 3.84. The predicted molar refractivity (Wildman–Crippen MR) is 24.0 cm³/mol. The maximum absolute atomic E-state index is 10.2. The van der Waals surface area contributed by atoms with Gasteiger partial charge in [0.1, 0.15) is 6.07 Å². The minimum absolute atomic E-state index is 0.00463. The van der Waals surface area contributed by atoms with Crippen LogP contribution in [0.5, 0.6) is 0 Å². The number of hydrogen-bond acceptors (Lipinski definition) is 3. The molecule has 0 saturated heterocycles. The van der Waals surface area contributed by atoms with Crippen LogP contribution in [0.3, 0.4) is 0 Å². The molecular formula is C4H2N2O2. The average molecular weight is 110 g/mol. The maximum Gasteiger partial charge on any atom is 0.374 e. The molecule has 0 aliphatic carbocycles. The van der Waals surface area contributed by atoms with Gasteiger partial charge in [-0.3, -0.25) is 0 Å². The fourth-order valence-corrected chi connectivity index (χ4v) is 0.334. The van der Waals surface area contributed by atoms with Gasteiger partial charge in [-0.05, 0) is 0 Å². The Morgan fingerprint density at radius 2 is 2.62 bits per heavy atom. The summed E-state index contributed by atoms with van der Waals surface area (Å²) in [6.45, 7) is 0. The zero-order valence-electron chi connectivity index (χ0n) is 3.84. The van der Waals surface area contributed by atoms with Crippen LogP contribution in [0.4, 0.5) is 0 Å². The van der Waals surface area contributed by atoms with E-state index in [2.05, 4.69) is 9.68 Å². The summed E-state index contributed by atoms with van der Waals surface area (Å²) in [4.78, 5) is 10.2. The van der Waals surface area contributed by atoms with E-state index in [1.165, 1.54) is 6.20 Å². The van der Waals surface area contributed by atoms with Gasteiger partial charge in [-0.2, -0.15) is 5.26 Å². The van der Waals surface area contributed by atoms with Crippen LogP contribution in [0.1, 0.15) is 5.56 Å². The molecule has 0 aromatic carbocycles. The summed E-state index contributed by atoms with van der Waals surface area (Å²) in [5.74, 6) is 0. The summed E-state index contributed by atoms with van der Waals surface area (Å²) < 4.78 is 4.15. The van der Waals surface area contributed by atoms with Crippen molar-refractivity contribution in [3.05, 3.63) is 22.2 Å². The van der Waals surface area contributed by atoms with Crippen molar-refractivity contribution in [3.8, 4) is 6.07 Å². The zero-order valence-corrected chi connectivity index (χ0v) is 3.84. The van der Waals surface area contributed by atoms with Crippen molar-refractivity contribution >= 4 is 0 Å². The monoisotopic (exact) mass is 110 g/mol. The predicted octanol–water partition coefficient (Wildman–Crippen LogP) is -0.160. The standard InChI is InChI=1S/C4H2N2O2/c5-1-3-2-6-8-4(3)7/h2,6H. The molecule has 4 heteroatoms. The van der Waals surface area contributed by atoms with E-state index in [1.54, 1.807) is 6.07 Å². The van der Waals surface area contributed by atoms with Crippen LogP contribution in [0.2, 0.25) is 0 Å². The van der Waals surface area contributed by atoms with E-state index in [9.17, 15) is 4.79 Å². The smallest absolute Gasteiger partial charge is 0.338 e. The van der Waals surface area contributed by atoms with Crippen LogP contribution < -0.4 is 5.63 Å². The Labute approximate surface area is 44.3 Å². The molecule has 0 unspecified atom stereocenters. The Kier molecular flexibility index (Phi) is 0.897. The highest BCUT2D eigenvalue weighted by Crippen LogP contribution is 1.80. The molecule has 1 aromatic rings. The van der Waals surface area contributed by atoms with Crippen molar-refractivity contribution < 1.29 is 4.52 Å². The lowest BCUT2D eigenvalue weighted by Crippen LogP contribution is -1.94. The SMILES string of the molecule is N#Cc1c[nH]oc1=O. The number of hydrogen-bond donors (Lipinski definition) is 1. The fraction of sp³-hybridized carbons (Fsp3) is 0. The van der Waals surface area contributed by atoms with E-state index in [0.29, 0.717) is 0 Å². The van der Waals surface area contributed by atoms with Gasteiger partial charge in [-0.25, -0.2) is 9.95 Å². The van der Waals surface area contributed by atoms with Crippen LogP contribution in [0.15, 0.2) is 15.5 Å². The molecule has 1 aromatic heterocycles. The Hall–Kier alpha value is -1.50. The summed E-state index contributed by atoms with van der Waals surface area (Å²) in [5.41, 5.74) is -0.613. The molecule has 0 aliphatic heterocycles. The first kappa shape index (κ1) is 4.65. The summed E-state index contributed by atoms with van der Waals surface area (Å²) >= 11 is 0. The molecule has 0 saturated carbocycles. The van der Waals surface area contributed by atoms with Gasteiger partial charge in [0.25, 0.3) is 0 Å². The number of H-pyrrole nitrogens is 1. The third-order valence-corrected chi connectivity index (χ3v) is 0.695. The lowest BCUT2D eigenvalue weighted by Gasteiger charge is -1.58. The number of nitrogens with one attached hydrogen (secondary N) is 1. The first-order valence-electron chi connectivity index (χ1n) is 1.91. The van der Waals surface area contributed by atoms with Crippen LogP contribution in [0.25, 0.3) is 0 Å². The number of rotatable bonds is 0. The van der Waals surface area contributed by atoms with Gasteiger partial charge in [0.15, 0.2) is 5.56 Å². The molecule has 0 amide bonds. The topological polar surface area (TPSA) is 69.8 Å². The molecule has 40 valence electrons. The quantitative estimate of drug-likeness (QED) is 0.504. The largest absolute Gasteiger partial charge is 0.374 e. The van der Waals surface area contributed by atoms with Gasteiger partial charge in [0.2, 0.25) is 0 Å². The van der Waals surface area contributed by atoms with Crippen molar-refractivity contribution in [2.24, 2.45) is 0 Å². The molecule has 4 nitrogen and oxygen atoms in total. The highest BCUT2D eigenvalue weighted by molar-refractivity contribution is 5.19. The van der Waals surface area contributed by atoms with Gasteiger partial charge in [-0.15, -0.1) is 0 Å². The number of aromatic nitrogens is 1. The van der Waals surface area contributed by atoms with Crippen LogP contribution in [-0.2, 0) is 0 Å². The van der Waals surface area contributed by atoms with Crippen LogP contribution >= 0.6 is 0 Å². The third-order valence-electron chi connectivity index (χ3n) is 0.695. The van der Waals surface area contributed by atoms with Crippen molar-refractivity contribution in [1.29, 1.82) is 5.26 Å².